The lowest BCUT2D eigenvalue weighted by Crippen LogP contribution is -1.68. The van der Waals surface area contributed by atoms with Crippen molar-refractivity contribution in [2.24, 2.45) is 0 Å². The maximum atomic E-state index is 4.44. The molecule has 0 unspecified atom stereocenters. The molecule has 0 amide bonds. The van der Waals surface area contributed by atoms with Gasteiger partial charge >= 0.3 is 0 Å². The van der Waals surface area contributed by atoms with E-state index < -0.39 is 0 Å². The fraction of sp³-hybridized carbons (Fsp3) is 0. The van der Waals surface area contributed by atoms with Gasteiger partial charge in [0.1, 0.15) is 4.34 Å². The third-order valence-electron chi connectivity index (χ3n) is 2.88. The van der Waals surface area contributed by atoms with E-state index in [1.807, 2.05) is 11.3 Å². The molecule has 17 heavy (non-hydrogen) atoms. The van der Waals surface area contributed by atoms with Crippen LogP contribution in [0.2, 0.25) is 0 Å². The Hall–Kier alpha value is -1.10. The van der Waals surface area contributed by atoms with E-state index in [2.05, 4.69) is 54.0 Å². The summed E-state index contributed by atoms with van der Waals surface area (Å²) >= 11 is 7.85. The van der Waals surface area contributed by atoms with Crippen LogP contribution in [0.15, 0.2) is 40.7 Å². The number of rotatable bonds is 0. The number of benzene rings is 2. The average molecular weight is 273 g/mol. The van der Waals surface area contributed by atoms with Gasteiger partial charge in [-0.1, -0.05) is 18.2 Å². The highest BCUT2D eigenvalue weighted by Gasteiger charge is 2.10. The summed E-state index contributed by atoms with van der Waals surface area (Å²) < 4.78 is 4.76. The molecule has 0 N–H and O–H groups in total. The predicted molar refractivity (Wildman–Crippen MR) is 79.8 cm³/mol. The van der Waals surface area contributed by atoms with Crippen molar-refractivity contribution in [2.75, 3.05) is 0 Å². The Balaban J connectivity index is 2.37. The average Bonchev–Trinajstić information content (AvgIpc) is 2.87. The minimum absolute atomic E-state index is 0.836. The quantitative estimate of drug-likeness (QED) is 0.447. The van der Waals surface area contributed by atoms with Gasteiger partial charge in [0.2, 0.25) is 0 Å². The molecule has 4 rings (SSSR count). The Morgan fingerprint density at radius 2 is 1.82 bits per heavy atom. The molecule has 0 atom stereocenters. The molecule has 2 aromatic heterocycles. The van der Waals surface area contributed by atoms with Crippen LogP contribution in [-0.4, -0.2) is 4.98 Å². The smallest absolute Gasteiger partial charge is 0.148 e. The molecule has 0 radical (unpaired) electrons. The highest BCUT2D eigenvalue weighted by atomic mass is 32.2. The van der Waals surface area contributed by atoms with Gasteiger partial charge in [0, 0.05) is 20.2 Å². The summed E-state index contributed by atoms with van der Waals surface area (Å²) in [6, 6.07) is 12.8. The van der Waals surface area contributed by atoms with Crippen LogP contribution in [0.5, 0.6) is 0 Å². The standard InChI is InChI=1S/C13H7NS3/c15-13-14-8-5-6-10-11(12(8)17-13)7-3-1-2-4-9(7)16-10/h1-6H,(H,14,15). The van der Waals surface area contributed by atoms with E-state index in [-0.39, 0.29) is 0 Å². The van der Waals surface area contributed by atoms with Crippen LogP contribution >= 0.6 is 35.3 Å². The molecule has 0 saturated heterocycles. The lowest BCUT2D eigenvalue weighted by Gasteiger charge is -1.92. The Bertz CT molecular complexity index is 857. The van der Waals surface area contributed by atoms with Gasteiger partial charge in [-0.25, -0.2) is 4.98 Å². The van der Waals surface area contributed by atoms with Crippen LogP contribution in [0.4, 0.5) is 0 Å². The van der Waals surface area contributed by atoms with Gasteiger partial charge in [0.25, 0.3) is 0 Å². The highest BCUT2D eigenvalue weighted by Crippen LogP contribution is 2.40. The Labute approximate surface area is 111 Å². The molecule has 4 aromatic rings. The maximum absolute atomic E-state index is 4.44. The molecule has 1 nitrogen and oxygen atoms in total. The second-order valence-electron chi connectivity index (χ2n) is 3.88. The van der Waals surface area contributed by atoms with Gasteiger partial charge in [-0.3, -0.25) is 0 Å². The minimum Gasteiger partial charge on any atom is -0.230 e. The van der Waals surface area contributed by atoms with E-state index in [1.165, 1.54) is 24.9 Å². The minimum atomic E-state index is 0.836. The Kier molecular flexibility index (Phi) is 2.00. The highest BCUT2D eigenvalue weighted by molar-refractivity contribution is 7.83. The molecule has 0 aliphatic heterocycles. The summed E-state index contributed by atoms with van der Waals surface area (Å²) in [6.07, 6.45) is 0. The van der Waals surface area contributed by atoms with Gasteiger partial charge in [-0.2, -0.15) is 0 Å². The van der Waals surface area contributed by atoms with Crippen molar-refractivity contribution < 1.29 is 0 Å². The molecule has 0 fully saturated rings. The van der Waals surface area contributed by atoms with E-state index in [4.69, 9.17) is 0 Å². The van der Waals surface area contributed by atoms with Crippen LogP contribution in [0.3, 0.4) is 0 Å². The second-order valence-corrected chi connectivity index (χ2v) is 6.69. The number of thiophene rings is 1. The normalized spacial score (nSPS) is 11.8. The van der Waals surface area contributed by atoms with Crippen LogP contribution in [0, 0.1) is 0 Å². The Morgan fingerprint density at radius 3 is 2.76 bits per heavy atom. The number of thiazole rings is 1. The summed E-state index contributed by atoms with van der Waals surface area (Å²) in [5.74, 6) is 0. The summed E-state index contributed by atoms with van der Waals surface area (Å²) in [4.78, 5) is 4.44. The number of thiol groups is 1. The van der Waals surface area contributed by atoms with Crippen LogP contribution in [-0.2, 0) is 0 Å². The zero-order valence-electron chi connectivity index (χ0n) is 8.68. The van der Waals surface area contributed by atoms with Gasteiger partial charge in [-0.05, 0) is 18.2 Å². The number of nitrogens with zero attached hydrogens (tertiary/aromatic N) is 1. The SMILES string of the molecule is Sc1nc2ccc3sc4ccccc4c3c2s1. The summed E-state index contributed by atoms with van der Waals surface area (Å²) in [5.41, 5.74) is 1.05. The van der Waals surface area contributed by atoms with Gasteiger partial charge < -0.3 is 0 Å². The molecule has 0 aliphatic carbocycles. The van der Waals surface area contributed by atoms with Gasteiger partial charge in [0.15, 0.2) is 0 Å². The lowest BCUT2D eigenvalue weighted by molar-refractivity contribution is 1.32. The fourth-order valence-corrected chi connectivity index (χ4v) is 4.61. The number of hydrogen-bond donors (Lipinski definition) is 1. The molecule has 0 saturated carbocycles. The topological polar surface area (TPSA) is 12.9 Å². The second kappa shape index (κ2) is 3.45. The number of fused-ring (bicyclic) bond motifs is 5. The molecule has 82 valence electrons. The molecule has 0 aliphatic rings. The first-order valence-corrected chi connectivity index (χ1v) is 7.31. The molecular weight excluding hydrogens is 266 g/mol. The van der Waals surface area contributed by atoms with E-state index in [9.17, 15) is 0 Å². The first kappa shape index (κ1) is 9.88. The van der Waals surface area contributed by atoms with E-state index in [0.29, 0.717) is 0 Å². The zero-order valence-corrected chi connectivity index (χ0v) is 11.2. The third kappa shape index (κ3) is 1.35. The number of aromatic nitrogens is 1. The van der Waals surface area contributed by atoms with E-state index >= 15 is 0 Å². The Morgan fingerprint density at radius 1 is 0.941 bits per heavy atom. The first-order valence-electron chi connectivity index (χ1n) is 5.23. The summed E-state index contributed by atoms with van der Waals surface area (Å²) in [5, 5.41) is 2.66. The molecule has 2 aromatic carbocycles. The summed E-state index contributed by atoms with van der Waals surface area (Å²) in [6.45, 7) is 0. The van der Waals surface area contributed by atoms with Crippen molar-refractivity contribution in [1.29, 1.82) is 0 Å². The molecule has 2 heterocycles. The summed E-state index contributed by atoms with van der Waals surface area (Å²) in [7, 11) is 0. The maximum Gasteiger partial charge on any atom is 0.148 e. The molecule has 0 bridgehead atoms. The van der Waals surface area contributed by atoms with Crippen molar-refractivity contribution in [3.8, 4) is 0 Å². The molecule has 4 heteroatoms. The van der Waals surface area contributed by atoms with E-state index in [0.717, 1.165) is 9.86 Å². The van der Waals surface area contributed by atoms with Crippen molar-refractivity contribution in [2.45, 2.75) is 4.34 Å². The zero-order chi connectivity index (χ0) is 11.4. The molecular formula is C13H7NS3. The van der Waals surface area contributed by atoms with Crippen molar-refractivity contribution in [1.82, 2.24) is 4.98 Å². The monoisotopic (exact) mass is 273 g/mol. The molecule has 0 spiro atoms. The van der Waals surface area contributed by atoms with Crippen LogP contribution in [0.1, 0.15) is 0 Å². The third-order valence-corrected chi connectivity index (χ3v) is 5.29. The lowest BCUT2D eigenvalue weighted by atomic mass is 10.1. The van der Waals surface area contributed by atoms with Gasteiger partial charge in [0.05, 0.1) is 10.2 Å². The first-order chi connectivity index (χ1) is 8.33. The fourth-order valence-electron chi connectivity index (χ4n) is 2.18. The predicted octanol–water partition coefficient (Wildman–Crippen LogP) is 4.95. The largest absolute Gasteiger partial charge is 0.230 e. The van der Waals surface area contributed by atoms with Crippen molar-refractivity contribution in [3.05, 3.63) is 36.4 Å². The van der Waals surface area contributed by atoms with Crippen LogP contribution < -0.4 is 0 Å². The number of hydrogen-bond acceptors (Lipinski definition) is 4. The van der Waals surface area contributed by atoms with Crippen LogP contribution in [0.25, 0.3) is 30.4 Å². The van der Waals surface area contributed by atoms with E-state index in [1.54, 1.807) is 11.3 Å². The van der Waals surface area contributed by atoms with Gasteiger partial charge in [-0.15, -0.1) is 35.3 Å². The van der Waals surface area contributed by atoms with Crippen molar-refractivity contribution in [3.63, 3.8) is 0 Å². The van der Waals surface area contributed by atoms with Crippen molar-refractivity contribution >= 4 is 65.7 Å².